The summed E-state index contributed by atoms with van der Waals surface area (Å²) in [6.45, 7) is 4.05. The van der Waals surface area contributed by atoms with Crippen LogP contribution in [0.15, 0.2) is 29.8 Å². The molecule has 8 heteroatoms. The lowest BCUT2D eigenvalue weighted by Gasteiger charge is -2.44. The van der Waals surface area contributed by atoms with Crippen LogP contribution in [0, 0.1) is 35.4 Å². The van der Waals surface area contributed by atoms with Gasteiger partial charge in [-0.05, 0) is 50.3 Å². The van der Waals surface area contributed by atoms with Crippen LogP contribution >= 0.6 is 0 Å². The SMILES string of the molecule is CCN1C(=O)C2CC=C3C(CC4C(=O)N(CC)C(=O)C4C3c3ccc(O)c(F)c3)C2C1=O. The smallest absolute Gasteiger partial charge is 0.234 e. The molecule has 2 aliphatic carbocycles. The van der Waals surface area contributed by atoms with Crippen molar-refractivity contribution in [2.75, 3.05) is 13.1 Å². The topological polar surface area (TPSA) is 95.0 Å². The number of amides is 4. The quantitative estimate of drug-likeness (QED) is 0.575. The summed E-state index contributed by atoms with van der Waals surface area (Å²) in [5.74, 6) is -5.52. The number of aromatic hydroxyl groups is 1. The first-order valence-corrected chi connectivity index (χ1v) is 11.2. The highest BCUT2D eigenvalue weighted by Gasteiger charge is 2.61. The van der Waals surface area contributed by atoms with Gasteiger partial charge in [0.2, 0.25) is 23.6 Å². The molecule has 2 saturated heterocycles. The number of phenols is 1. The van der Waals surface area contributed by atoms with E-state index in [1.165, 1.54) is 21.9 Å². The van der Waals surface area contributed by atoms with Crippen LogP contribution in [0.2, 0.25) is 0 Å². The Bertz CT molecular complexity index is 1080. The summed E-state index contributed by atoms with van der Waals surface area (Å²) in [5.41, 5.74) is 1.32. The van der Waals surface area contributed by atoms with E-state index in [9.17, 15) is 28.7 Å². The molecular weight excluding hydrogens is 415 g/mol. The van der Waals surface area contributed by atoms with Gasteiger partial charge in [-0.15, -0.1) is 0 Å². The highest BCUT2D eigenvalue weighted by molar-refractivity contribution is 6.07. The molecule has 32 heavy (non-hydrogen) atoms. The number of carbonyl (C=O) groups excluding carboxylic acids is 4. The van der Waals surface area contributed by atoms with E-state index < -0.39 is 41.2 Å². The minimum atomic E-state index is -0.802. The average Bonchev–Trinajstić information content (AvgIpc) is 3.17. The fraction of sp³-hybridized carbons (Fsp3) is 0.500. The molecule has 1 aromatic carbocycles. The predicted octanol–water partition coefficient (Wildman–Crippen LogP) is 2.21. The second kappa shape index (κ2) is 7.25. The number of allylic oxidation sites excluding steroid dienone is 2. The van der Waals surface area contributed by atoms with Crippen LogP contribution in [-0.4, -0.2) is 51.6 Å². The van der Waals surface area contributed by atoms with Crippen molar-refractivity contribution in [3.8, 4) is 5.75 Å². The first-order chi connectivity index (χ1) is 15.3. The molecule has 0 spiro atoms. The average molecular weight is 440 g/mol. The molecule has 2 heterocycles. The van der Waals surface area contributed by atoms with Crippen LogP contribution in [0.25, 0.3) is 0 Å². The summed E-state index contributed by atoms with van der Waals surface area (Å²) in [6.07, 6.45) is 2.63. The molecule has 168 valence electrons. The third-order valence-electron chi connectivity index (χ3n) is 7.79. The van der Waals surface area contributed by atoms with E-state index in [-0.39, 0.29) is 36.1 Å². The number of hydrogen-bond acceptors (Lipinski definition) is 5. The molecule has 2 aliphatic heterocycles. The van der Waals surface area contributed by atoms with E-state index in [2.05, 4.69) is 0 Å². The zero-order valence-corrected chi connectivity index (χ0v) is 18.0. The maximum atomic E-state index is 14.3. The van der Waals surface area contributed by atoms with E-state index in [1.54, 1.807) is 19.9 Å². The van der Waals surface area contributed by atoms with E-state index in [1.807, 2.05) is 6.08 Å². The number of nitrogens with zero attached hydrogens (tertiary/aromatic N) is 2. The standard InChI is InChI=1S/C24H25FN2O5/c1-3-26-21(29)13-7-6-12-14(19(13)23(26)31)10-15-20(24(32)27(4-2)22(15)30)18(12)11-5-8-17(28)16(25)9-11/h5-6,8-9,13-15,18-20,28H,3-4,7,10H2,1-2H3. The lowest BCUT2D eigenvalue weighted by Crippen LogP contribution is -2.43. The van der Waals surface area contributed by atoms with Crippen molar-refractivity contribution in [3.63, 3.8) is 0 Å². The lowest BCUT2D eigenvalue weighted by atomic mass is 9.57. The largest absolute Gasteiger partial charge is 0.505 e. The molecule has 0 radical (unpaired) electrons. The van der Waals surface area contributed by atoms with Gasteiger partial charge < -0.3 is 5.11 Å². The molecule has 3 fully saturated rings. The normalized spacial score (nSPS) is 33.9. The molecule has 4 amide bonds. The molecular formula is C24H25FN2O5. The number of phenolic OH excluding ortho intramolecular Hbond substituents is 1. The van der Waals surface area contributed by atoms with Crippen molar-refractivity contribution < 1.29 is 28.7 Å². The zero-order valence-electron chi connectivity index (χ0n) is 18.0. The predicted molar refractivity (Wildman–Crippen MR) is 110 cm³/mol. The fourth-order valence-corrected chi connectivity index (χ4v) is 6.43. The number of likely N-dealkylation sites (tertiary alicyclic amines) is 2. The highest BCUT2D eigenvalue weighted by atomic mass is 19.1. The van der Waals surface area contributed by atoms with Crippen LogP contribution in [-0.2, 0) is 19.2 Å². The van der Waals surface area contributed by atoms with Crippen LogP contribution in [0.4, 0.5) is 4.39 Å². The highest BCUT2D eigenvalue weighted by Crippen LogP contribution is 2.57. The molecule has 0 aromatic heterocycles. The minimum absolute atomic E-state index is 0.184. The number of imide groups is 2. The van der Waals surface area contributed by atoms with Gasteiger partial charge in [0.15, 0.2) is 11.6 Å². The maximum absolute atomic E-state index is 14.3. The lowest BCUT2D eigenvalue weighted by molar-refractivity contribution is -0.141. The number of halogens is 1. The number of fused-ring (bicyclic) bond motifs is 4. The molecule has 6 unspecified atom stereocenters. The Morgan fingerprint density at radius 2 is 1.53 bits per heavy atom. The van der Waals surface area contributed by atoms with Crippen LogP contribution in [0.3, 0.4) is 0 Å². The third-order valence-corrected chi connectivity index (χ3v) is 7.79. The number of rotatable bonds is 3. The first kappa shape index (κ1) is 20.8. The van der Waals surface area contributed by atoms with E-state index >= 15 is 0 Å². The number of benzene rings is 1. The van der Waals surface area contributed by atoms with E-state index in [0.717, 1.165) is 5.57 Å². The van der Waals surface area contributed by atoms with Crippen LogP contribution < -0.4 is 0 Å². The third kappa shape index (κ3) is 2.64. The second-order valence-electron chi connectivity index (χ2n) is 9.08. The monoisotopic (exact) mass is 440 g/mol. The summed E-state index contributed by atoms with van der Waals surface area (Å²) in [4.78, 5) is 54.9. The van der Waals surface area contributed by atoms with Gasteiger partial charge in [0.05, 0.1) is 23.7 Å². The Morgan fingerprint density at radius 1 is 0.906 bits per heavy atom. The zero-order chi connectivity index (χ0) is 22.9. The molecule has 1 aromatic rings. The summed E-state index contributed by atoms with van der Waals surface area (Å²) >= 11 is 0. The van der Waals surface area contributed by atoms with Crippen molar-refractivity contribution >= 4 is 23.6 Å². The molecule has 7 nitrogen and oxygen atoms in total. The Labute approximate surface area is 184 Å². The second-order valence-corrected chi connectivity index (χ2v) is 9.08. The van der Waals surface area contributed by atoms with Crippen molar-refractivity contribution in [3.05, 3.63) is 41.2 Å². The van der Waals surface area contributed by atoms with Gasteiger partial charge in [-0.25, -0.2) is 4.39 Å². The first-order valence-electron chi connectivity index (χ1n) is 11.2. The fourth-order valence-electron chi connectivity index (χ4n) is 6.43. The molecule has 6 atom stereocenters. The molecule has 0 bridgehead atoms. The Kier molecular flexibility index (Phi) is 4.72. The van der Waals surface area contributed by atoms with Gasteiger partial charge in [0, 0.05) is 19.0 Å². The Hall–Kier alpha value is -3.03. The summed E-state index contributed by atoms with van der Waals surface area (Å²) in [7, 11) is 0. The molecule has 1 N–H and O–H groups in total. The Morgan fingerprint density at radius 3 is 2.16 bits per heavy atom. The van der Waals surface area contributed by atoms with Crippen molar-refractivity contribution in [1.29, 1.82) is 0 Å². The van der Waals surface area contributed by atoms with Crippen LogP contribution in [0.5, 0.6) is 5.75 Å². The molecule has 4 aliphatic rings. The minimum Gasteiger partial charge on any atom is -0.505 e. The summed E-state index contributed by atoms with van der Waals surface area (Å²) in [6, 6.07) is 4.03. The van der Waals surface area contributed by atoms with Gasteiger partial charge in [0.1, 0.15) is 0 Å². The maximum Gasteiger partial charge on any atom is 0.234 e. The van der Waals surface area contributed by atoms with E-state index in [4.69, 9.17) is 0 Å². The van der Waals surface area contributed by atoms with Crippen LogP contribution in [0.1, 0.15) is 38.2 Å². The van der Waals surface area contributed by atoms with Gasteiger partial charge in [-0.3, -0.25) is 29.0 Å². The van der Waals surface area contributed by atoms with Crippen molar-refractivity contribution in [1.82, 2.24) is 9.80 Å². The summed E-state index contributed by atoms with van der Waals surface area (Å²) < 4.78 is 14.3. The molecule has 5 rings (SSSR count). The number of carbonyl (C=O) groups is 4. The van der Waals surface area contributed by atoms with Gasteiger partial charge in [-0.2, -0.15) is 0 Å². The van der Waals surface area contributed by atoms with Gasteiger partial charge >= 0.3 is 0 Å². The molecule has 1 saturated carbocycles. The Balaban J connectivity index is 1.65. The van der Waals surface area contributed by atoms with Gasteiger partial charge in [0.25, 0.3) is 0 Å². The summed E-state index contributed by atoms with van der Waals surface area (Å²) in [5, 5.41) is 9.67. The van der Waals surface area contributed by atoms with Crippen molar-refractivity contribution in [2.24, 2.45) is 29.6 Å². The van der Waals surface area contributed by atoms with Gasteiger partial charge in [-0.1, -0.05) is 17.7 Å². The van der Waals surface area contributed by atoms with E-state index in [0.29, 0.717) is 24.9 Å². The number of hydrogen-bond donors (Lipinski definition) is 1. The van der Waals surface area contributed by atoms with Crippen molar-refractivity contribution in [2.45, 2.75) is 32.6 Å².